The first-order valence-electron chi connectivity index (χ1n) is 6.51. The second-order valence-electron chi connectivity index (χ2n) is 5.61. The lowest BCUT2D eigenvalue weighted by molar-refractivity contribution is 0.0635. The van der Waals surface area contributed by atoms with Gasteiger partial charge in [0.2, 0.25) is 0 Å². The summed E-state index contributed by atoms with van der Waals surface area (Å²) in [5, 5.41) is 5.50. The topological polar surface area (TPSA) is 67.4 Å². The molecule has 1 aromatic carbocycles. The summed E-state index contributed by atoms with van der Waals surface area (Å²) < 4.78 is 5.19. The van der Waals surface area contributed by atoms with E-state index >= 15 is 0 Å². The fourth-order valence-corrected chi connectivity index (χ4v) is 1.65. The van der Waals surface area contributed by atoms with Gasteiger partial charge in [0, 0.05) is 11.3 Å². The summed E-state index contributed by atoms with van der Waals surface area (Å²) in [6, 6.07) is 5.16. The van der Waals surface area contributed by atoms with E-state index in [1.54, 1.807) is 46.0 Å². The number of likely N-dealkylation sites (N-methyl/N-ethyl adjacent to an activating group) is 1. The average molecular weight is 278 g/mol. The van der Waals surface area contributed by atoms with E-state index in [1.165, 1.54) is 0 Å². The zero-order valence-electron chi connectivity index (χ0n) is 12.7. The molecule has 0 aromatic heterocycles. The summed E-state index contributed by atoms with van der Waals surface area (Å²) in [4.78, 5) is 23.4. The summed E-state index contributed by atoms with van der Waals surface area (Å²) >= 11 is 0. The number of ketones is 1. The molecule has 0 radical (unpaired) electrons. The Labute approximate surface area is 119 Å². The highest BCUT2D eigenvalue weighted by Crippen LogP contribution is 2.18. The molecule has 0 unspecified atom stereocenters. The van der Waals surface area contributed by atoms with E-state index in [4.69, 9.17) is 4.74 Å². The maximum Gasteiger partial charge on any atom is 0.412 e. The van der Waals surface area contributed by atoms with Crippen LogP contribution >= 0.6 is 0 Å². The van der Waals surface area contributed by atoms with Crippen LogP contribution in [0.1, 0.15) is 36.7 Å². The molecule has 0 fully saturated rings. The summed E-state index contributed by atoms with van der Waals surface area (Å²) in [5.74, 6) is 0.0134. The Balaban J connectivity index is 2.79. The van der Waals surface area contributed by atoms with Gasteiger partial charge in [0.05, 0.1) is 6.54 Å². The highest BCUT2D eigenvalue weighted by Gasteiger charge is 2.17. The first-order valence-corrected chi connectivity index (χ1v) is 6.51. The molecule has 0 saturated carbocycles. The zero-order valence-corrected chi connectivity index (χ0v) is 12.7. The second kappa shape index (κ2) is 6.52. The van der Waals surface area contributed by atoms with E-state index in [1.807, 2.05) is 6.92 Å². The van der Waals surface area contributed by atoms with Crippen molar-refractivity contribution in [2.45, 2.75) is 33.3 Å². The van der Waals surface area contributed by atoms with E-state index in [-0.39, 0.29) is 12.3 Å². The Morgan fingerprint density at radius 2 is 1.90 bits per heavy atom. The maximum absolute atomic E-state index is 11.7. The molecule has 0 aliphatic rings. The predicted molar refractivity (Wildman–Crippen MR) is 79.3 cm³/mol. The number of amides is 1. The van der Waals surface area contributed by atoms with Crippen LogP contribution in [-0.4, -0.2) is 31.1 Å². The second-order valence-corrected chi connectivity index (χ2v) is 5.61. The molecule has 0 aliphatic carbocycles. The molecule has 2 N–H and O–H groups in total. The fraction of sp³-hybridized carbons (Fsp3) is 0.467. The van der Waals surface area contributed by atoms with Gasteiger partial charge in [-0.15, -0.1) is 0 Å². The van der Waals surface area contributed by atoms with E-state index in [0.29, 0.717) is 11.3 Å². The van der Waals surface area contributed by atoms with Crippen molar-refractivity contribution in [2.75, 3.05) is 18.9 Å². The first-order chi connectivity index (χ1) is 9.23. The monoisotopic (exact) mass is 278 g/mol. The van der Waals surface area contributed by atoms with Crippen LogP contribution in [0.4, 0.5) is 10.5 Å². The van der Waals surface area contributed by atoms with Crippen LogP contribution in [-0.2, 0) is 4.74 Å². The minimum Gasteiger partial charge on any atom is -0.444 e. The summed E-state index contributed by atoms with van der Waals surface area (Å²) in [6.45, 7) is 7.54. The number of carbonyl (C=O) groups excluding carboxylic acids is 2. The highest BCUT2D eigenvalue weighted by atomic mass is 16.6. The SMILES string of the molecule is CNCC(=O)c1ccc(NC(=O)OC(C)(C)C)c(C)c1. The van der Waals surface area contributed by atoms with Crippen LogP contribution < -0.4 is 10.6 Å². The Morgan fingerprint density at radius 3 is 2.40 bits per heavy atom. The molecule has 1 rings (SSSR count). The molecular formula is C15H22N2O3. The van der Waals surface area contributed by atoms with E-state index in [2.05, 4.69) is 10.6 Å². The summed E-state index contributed by atoms with van der Waals surface area (Å²) in [6.07, 6.45) is -0.505. The number of hydrogen-bond donors (Lipinski definition) is 2. The van der Waals surface area contributed by atoms with Crippen molar-refractivity contribution in [1.29, 1.82) is 0 Å². The van der Waals surface area contributed by atoms with Crippen molar-refractivity contribution >= 4 is 17.6 Å². The van der Waals surface area contributed by atoms with Gasteiger partial charge in [-0.05, 0) is 58.5 Å². The van der Waals surface area contributed by atoms with Crippen molar-refractivity contribution in [3.63, 3.8) is 0 Å². The molecule has 0 heterocycles. The summed E-state index contributed by atoms with van der Waals surface area (Å²) in [7, 11) is 1.73. The van der Waals surface area contributed by atoms with Crippen molar-refractivity contribution in [2.24, 2.45) is 0 Å². The number of rotatable bonds is 4. The first kappa shape index (κ1) is 16.2. The smallest absolute Gasteiger partial charge is 0.412 e. The van der Waals surface area contributed by atoms with Crippen LogP contribution in [0.3, 0.4) is 0 Å². The van der Waals surface area contributed by atoms with Gasteiger partial charge in [-0.2, -0.15) is 0 Å². The maximum atomic E-state index is 11.7. The van der Waals surface area contributed by atoms with Gasteiger partial charge >= 0.3 is 6.09 Å². The van der Waals surface area contributed by atoms with E-state index in [9.17, 15) is 9.59 Å². The van der Waals surface area contributed by atoms with Crippen molar-refractivity contribution in [1.82, 2.24) is 5.32 Å². The van der Waals surface area contributed by atoms with Gasteiger partial charge in [-0.25, -0.2) is 4.79 Å². The summed E-state index contributed by atoms with van der Waals surface area (Å²) in [5.41, 5.74) is 1.53. The van der Waals surface area contributed by atoms with Crippen LogP contribution in [0.25, 0.3) is 0 Å². The van der Waals surface area contributed by atoms with Crippen LogP contribution in [0.5, 0.6) is 0 Å². The van der Waals surface area contributed by atoms with Crippen molar-refractivity contribution < 1.29 is 14.3 Å². The average Bonchev–Trinajstić information content (AvgIpc) is 2.29. The number of anilines is 1. The van der Waals surface area contributed by atoms with Crippen molar-refractivity contribution in [3.8, 4) is 0 Å². The lowest BCUT2D eigenvalue weighted by Crippen LogP contribution is -2.27. The normalized spacial score (nSPS) is 11.1. The van der Waals surface area contributed by atoms with Crippen LogP contribution in [0.15, 0.2) is 18.2 Å². The Hall–Kier alpha value is -1.88. The standard InChI is InChI=1S/C15H22N2O3/c1-10-8-11(13(18)9-16-5)6-7-12(10)17-14(19)20-15(2,3)4/h6-8,16H,9H2,1-5H3,(H,17,19). The molecular weight excluding hydrogens is 256 g/mol. The molecule has 20 heavy (non-hydrogen) atoms. The van der Waals surface area contributed by atoms with Gasteiger partial charge in [0.15, 0.2) is 5.78 Å². The quantitative estimate of drug-likeness (QED) is 0.831. The molecule has 1 amide bonds. The third-order valence-electron chi connectivity index (χ3n) is 2.52. The van der Waals surface area contributed by atoms with Crippen LogP contribution in [0.2, 0.25) is 0 Å². The molecule has 1 aromatic rings. The molecule has 110 valence electrons. The highest BCUT2D eigenvalue weighted by molar-refractivity contribution is 5.98. The lowest BCUT2D eigenvalue weighted by Gasteiger charge is -2.20. The Kier molecular flexibility index (Phi) is 5.27. The lowest BCUT2D eigenvalue weighted by atomic mass is 10.1. The van der Waals surface area contributed by atoms with Gasteiger partial charge in [-0.1, -0.05) is 0 Å². The number of benzene rings is 1. The minimum absolute atomic E-state index is 0.0134. The van der Waals surface area contributed by atoms with Crippen LogP contribution in [0, 0.1) is 6.92 Å². The predicted octanol–water partition coefficient (Wildman–Crippen LogP) is 2.74. The van der Waals surface area contributed by atoms with Gasteiger partial charge in [0.1, 0.15) is 5.60 Å². The number of carbonyl (C=O) groups is 2. The number of nitrogens with one attached hydrogen (secondary N) is 2. The number of ether oxygens (including phenoxy) is 1. The molecule has 5 heteroatoms. The third kappa shape index (κ3) is 5.01. The number of hydrogen-bond acceptors (Lipinski definition) is 4. The Bertz CT molecular complexity index is 504. The molecule has 0 saturated heterocycles. The third-order valence-corrected chi connectivity index (χ3v) is 2.52. The van der Waals surface area contributed by atoms with Gasteiger partial charge in [0.25, 0.3) is 0 Å². The minimum atomic E-state index is -0.541. The molecule has 0 spiro atoms. The fourth-order valence-electron chi connectivity index (χ4n) is 1.65. The molecule has 0 aliphatic heterocycles. The van der Waals surface area contributed by atoms with E-state index in [0.717, 1.165) is 5.56 Å². The molecule has 0 atom stereocenters. The number of aryl methyl sites for hydroxylation is 1. The zero-order chi connectivity index (χ0) is 15.3. The number of Topliss-reactive ketones (excluding diaryl/α,β-unsaturated/α-hetero) is 1. The van der Waals surface area contributed by atoms with Crippen molar-refractivity contribution in [3.05, 3.63) is 29.3 Å². The van der Waals surface area contributed by atoms with E-state index < -0.39 is 11.7 Å². The largest absolute Gasteiger partial charge is 0.444 e. The Morgan fingerprint density at radius 1 is 1.25 bits per heavy atom. The molecule has 5 nitrogen and oxygen atoms in total. The van der Waals surface area contributed by atoms with Gasteiger partial charge < -0.3 is 10.1 Å². The molecule has 0 bridgehead atoms. The van der Waals surface area contributed by atoms with Gasteiger partial charge in [-0.3, -0.25) is 10.1 Å².